The summed E-state index contributed by atoms with van der Waals surface area (Å²) in [6.07, 6.45) is -0.154. The molecule has 1 fully saturated rings. The van der Waals surface area contributed by atoms with Crippen molar-refractivity contribution in [1.82, 2.24) is 10.6 Å². The van der Waals surface area contributed by atoms with E-state index < -0.39 is 0 Å². The molecular formula is C21H26ClN3O3. The summed E-state index contributed by atoms with van der Waals surface area (Å²) in [5.41, 5.74) is 3.32. The molecule has 1 aliphatic heterocycles. The quantitative estimate of drug-likeness (QED) is 0.717. The van der Waals surface area contributed by atoms with E-state index in [0.717, 1.165) is 11.1 Å². The number of anilines is 1. The van der Waals surface area contributed by atoms with E-state index in [1.54, 1.807) is 12.1 Å². The van der Waals surface area contributed by atoms with E-state index in [1.165, 1.54) is 0 Å². The Balaban J connectivity index is 0.00000280. The van der Waals surface area contributed by atoms with Crippen LogP contribution >= 0.6 is 12.4 Å². The molecule has 3 rings (SSSR count). The molecule has 0 spiro atoms. The van der Waals surface area contributed by atoms with E-state index in [0.29, 0.717) is 30.9 Å². The summed E-state index contributed by atoms with van der Waals surface area (Å²) in [6, 6.07) is 14.5. The average molecular weight is 404 g/mol. The third kappa shape index (κ3) is 5.79. The van der Waals surface area contributed by atoms with Gasteiger partial charge in [0, 0.05) is 24.3 Å². The Hall–Kier alpha value is -2.41. The molecule has 0 aromatic heterocycles. The molecule has 1 saturated heterocycles. The zero-order valence-electron chi connectivity index (χ0n) is 16.0. The number of benzene rings is 2. The first kappa shape index (κ1) is 21.9. The molecule has 2 aromatic carbocycles. The van der Waals surface area contributed by atoms with Crippen molar-refractivity contribution >= 4 is 29.9 Å². The number of carbonyl (C=O) groups excluding carboxylic acids is 2. The molecule has 2 amide bonds. The Labute approximate surface area is 171 Å². The van der Waals surface area contributed by atoms with Crippen molar-refractivity contribution in [2.45, 2.75) is 32.5 Å². The molecule has 0 bridgehead atoms. The van der Waals surface area contributed by atoms with Crippen LogP contribution in [-0.4, -0.2) is 37.1 Å². The summed E-state index contributed by atoms with van der Waals surface area (Å²) < 4.78 is 5.51. The number of hydrogen-bond acceptors (Lipinski definition) is 4. The van der Waals surface area contributed by atoms with Gasteiger partial charge in [0.1, 0.15) is 6.04 Å². The number of ether oxygens (including phenoxy) is 1. The third-order valence-corrected chi connectivity index (χ3v) is 4.56. The first-order valence-electron chi connectivity index (χ1n) is 9.12. The fourth-order valence-electron chi connectivity index (χ4n) is 2.99. The van der Waals surface area contributed by atoms with Crippen LogP contribution in [-0.2, 0) is 16.1 Å². The fourth-order valence-corrected chi connectivity index (χ4v) is 2.99. The first-order chi connectivity index (χ1) is 13.0. The molecule has 6 nitrogen and oxygen atoms in total. The SMILES string of the molecule is Cc1ccc(C(=O)Nc2cccc(CNC(=O)[C@H]3NCCO[C@@H]3C)c2)cc1.Cl. The van der Waals surface area contributed by atoms with Gasteiger partial charge in [0.2, 0.25) is 5.91 Å². The molecule has 0 saturated carbocycles. The zero-order chi connectivity index (χ0) is 19.2. The van der Waals surface area contributed by atoms with Gasteiger partial charge >= 0.3 is 0 Å². The maximum absolute atomic E-state index is 12.3. The van der Waals surface area contributed by atoms with Gasteiger partial charge in [-0.1, -0.05) is 29.8 Å². The molecule has 150 valence electrons. The van der Waals surface area contributed by atoms with Gasteiger partial charge in [-0.3, -0.25) is 9.59 Å². The summed E-state index contributed by atoms with van der Waals surface area (Å²) >= 11 is 0. The Bertz CT molecular complexity index is 811. The van der Waals surface area contributed by atoms with Gasteiger partial charge in [0.25, 0.3) is 5.91 Å². The second kappa shape index (κ2) is 10.2. The molecule has 28 heavy (non-hydrogen) atoms. The molecule has 0 unspecified atom stereocenters. The van der Waals surface area contributed by atoms with Crippen molar-refractivity contribution < 1.29 is 14.3 Å². The van der Waals surface area contributed by atoms with Crippen LogP contribution in [0.3, 0.4) is 0 Å². The highest BCUT2D eigenvalue weighted by atomic mass is 35.5. The molecule has 3 N–H and O–H groups in total. The topological polar surface area (TPSA) is 79.5 Å². The number of halogens is 1. The molecule has 7 heteroatoms. The summed E-state index contributed by atoms with van der Waals surface area (Å²) in [7, 11) is 0. The lowest BCUT2D eigenvalue weighted by Gasteiger charge is -2.29. The highest BCUT2D eigenvalue weighted by molar-refractivity contribution is 6.04. The summed E-state index contributed by atoms with van der Waals surface area (Å²) in [6.45, 7) is 5.54. The lowest BCUT2D eigenvalue weighted by molar-refractivity contribution is -0.129. The van der Waals surface area contributed by atoms with Gasteiger partial charge < -0.3 is 20.7 Å². The number of rotatable bonds is 5. The minimum absolute atomic E-state index is 0. The Morgan fingerprint density at radius 2 is 1.93 bits per heavy atom. The lowest BCUT2D eigenvalue weighted by Crippen LogP contribution is -2.55. The number of nitrogens with one attached hydrogen (secondary N) is 3. The van der Waals surface area contributed by atoms with Crippen molar-refractivity contribution in [3.05, 3.63) is 65.2 Å². The second-order valence-corrected chi connectivity index (χ2v) is 6.75. The highest BCUT2D eigenvalue weighted by Crippen LogP contribution is 2.13. The van der Waals surface area contributed by atoms with Gasteiger partial charge in [-0.05, 0) is 43.7 Å². The van der Waals surface area contributed by atoms with Crippen molar-refractivity contribution in [2.75, 3.05) is 18.5 Å². The smallest absolute Gasteiger partial charge is 0.255 e. The van der Waals surface area contributed by atoms with Crippen LogP contribution in [0.1, 0.15) is 28.4 Å². The van der Waals surface area contributed by atoms with Gasteiger partial charge in [-0.15, -0.1) is 12.4 Å². The summed E-state index contributed by atoms with van der Waals surface area (Å²) in [5, 5.41) is 8.99. The molecule has 1 heterocycles. The standard InChI is InChI=1S/C21H25N3O3.ClH/c1-14-6-8-17(9-7-14)20(25)24-18-5-3-4-16(12-18)13-23-21(26)19-15(2)27-11-10-22-19;/h3-9,12,15,19,22H,10-11,13H2,1-2H3,(H,23,26)(H,24,25);1H/t15-,19+;/m1./s1. The van der Waals surface area contributed by atoms with Crippen LogP contribution in [0.4, 0.5) is 5.69 Å². The number of carbonyl (C=O) groups is 2. The van der Waals surface area contributed by atoms with Crippen molar-refractivity contribution in [1.29, 1.82) is 0 Å². The predicted octanol–water partition coefficient (Wildman–Crippen LogP) is 2.66. The van der Waals surface area contributed by atoms with E-state index in [4.69, 9.17) is 4.74 Å². The minimum Gasteiger partial charge on any atom is -0.375 e. The van der Waals surface area contributed by atoms with Crippen LogP contribution in [0.5, 0.6) is 0 Å². The number of aryl methyl sites for hydroxylation is 1. The van der Waals surface area contributed by atoms with Crippen molar-refractivity contribution in [3.63, 3.8) is 0 Å². The van der Waals surface area contributed by atoms with Gasteiger partial charge in [0.15, 0.2) is 0 Å². The molecule has 1 aliphatic rings. The normalized spacial score (nSPS) is 18.6. The van der Waals surface area contributed by atoms with E-state index in [2.05, 4.69) is 16.0 Å². The van der Waals surface area contributed by atoms with Crippen LogP contribution < -0.4 is 16.0 Å². The number of hydrogen-bond donors (Lipinski definition) is 3. The maximum atomic E-state index is 12.3. The average Bonchev–Trinajstić information content (AvgIpc) is 2.67. The molecule has 0 aliphatic carbocycles. The fraction of sp³-hybridized carbons (Fsp3) is 0.333. The lowest BCUT2D eigenvalue weighted by atomic mass is 10.1. The molecule has 0 radical (unpaired) electrons. The summed E-state index contributed by atoms with van der Waals surface area (Å²) in [5.74, 6) is -0.246. The number of morpholine rings is 1. The van der Waals surface area contributed by atoms with Gasteiger partial charge in [0.05, 0.1) is 12.7 Å². The van der Waals surface area contributed by atoms with E-state index in [1.807, 2.05) is 50.2 Å². The Kier molecular flexibility index (Phi) is 7.99. The zero-order valence-corrected chi connectivity index (χ0v) is 16.8. The minimum atomic E-state index is -0.344. The van der Waals surface area contributed by atoms with Crippen LogP contribution in [0.15, 0.2) is 48.5 Å². The van der Waals surface area contributed by atoms with Crippen molar-refractivity contribution in [2.24, 2.45) is 0 Å². The third-order valence-electron chi connectivity index (χ3n) is 4.56. The van der Waals surface area contributed by atoms with E-state index in [9.17, 15) is 9.59 Å². The molecule has 2 atom stereocenters. The second-order valence-electron chi connectivity index (χ2n) is 6.75. The maximum Gasteiger partial charge on any atom is 0.255 e. The Morgan fingerprint density at radius 3 is 2.64 bits per heavy atom. The van der Waals surface area contributed by atoms with E-state index >= 15 is 0 Å². The Morgan fingerprint density at radius 1 is 1.18 bits per heavy atom. The molecular weight excluding hydrogens is 378 g/mol. The number of amides is 2. The largest absolute Gasteiger partial charge is 0.375 e. The first-order valence-corrected chi connectivity index (χ1v) is 9.12. The van der Waals surface area contributed by atoms with Crippen LogP contribution in [0.25, 0.3) is 0 Å². The van der Waals surface area contributed by atoms with E-state index in [-0.39, 0.29) is 36.4 Å². The summed E-state index contributed by atoms with van der Waals surface area (Å²) in [4.78, 5) is 24.7. The monoisotopic (exact) mass is 403 g/mol. The van der Waals surface area contributed by atoms with Crippen LogP contribution in [0.2, 0.25) is 0 Å². The van der Waals surface area contributed by atoms with Crippen LogP contribution in [0, 0.1) is 6.92 Å². The van der Waals surface area contributed by atoms with Gasteiger partial charge in [-0.25, -0.2) is 0 Å². The van der Waals surface area contributed by atoms with Gasteiger partial charge in [-0.2, -0.15) is 0 Å². The highest BCUT2D eigenvalue weighted by Gasteiger charge is 2.27. The predicted molar refractivity (Wildman–Crippen MR) is 112 cm³/mol. The van der Waals surface area contributed by atoms with Crippen molar-refractivity contribution in [3.8, 4) is 0 Å². The molecule has 2 aromatic rings.